The molecule has 1 spiro atoms. The lowest BCUT2D eigenvalue weighted by molar-refractivity contribution is 0.191. The minimum absolute atomic E-state index is 0.548. The van der Waals surface area contributed by atoms with Gasteiger partial charge in [-0.3, -0.25) is 9.21 Å². The highest BCUT2D eigenvalue weighted by Gasteiger charge is 2.57. The SMILES string of the molecule is O=S1(=O)N(CC2CC2)c2ccccc2C12CCN(Cc1cccs1)CC2. The van der Waals surface area contributed by atoms with Crippen LogP contribution in [0.3, 0.4) is 0 Å². The Morgan fingerprint density at radius 1 is 1.08 bits per heavy atom. The lowest BCUT2D eigenvalue weighted by Crippen LogP contribution is -2.48. The first-order valence-corrected chi connectivity index (χ1v) is 11.8. The van der Waals surface area contributed by atoms with Gasteiger partial charge >= 0.3 is 0 Å². The molecule has 0 amide bonds. The second-order valence-corrected chi connectivity index (χ2v) is 11.1. The van der Waals surface area contributed by atoms with Crippen molar-refractivity contribution in [2.24, 2.45) is 5.92 Å². The second kappa shape index (κ2) is 6.08. The molecule has 2 aromatic rings. The Balaban J connectivity index is 1.44. The van der Waals surface area contributed by atoms with E-state index in [0.717, 1.165) is 43.7 Å². The molecule has 6 heteroatoms. The third-order valence-corrected chi connectivity index (χ3v) is 9.59. The van der Waals surface area contributed by atoms with Crippen molar-refractivity contribution in [3.8, 4) is 0 Å². The first kappa shape index (κ1) is 16.8. The topological polar surface area (TPSA) is 40.6 Å². The van der Waals surface area contributed by atoms with E-state index in [1.54, 1.807) is 15.6 Å². The third-order valence-electron chi connectivity index (χ3n) is 6.19. The fraction of sp³-hybridized carbons (Fsp3) is 0.500. The Kier molecular flexibility index (Phi) is 3.92. The molecule has 3 aliphatic rings. The highest BCUT2D eigenvalue weighted by Crippen LogP contribution is 2.53. The number of hydrogen-bond acceptors (Lipinski definition) is 4. The first-order valence-electron chi connectivity index (χ1n) is 9.47. The average Bonchev–Trinajstić information content (AvgIpc) is 3.30. The summed E-state index contributed by atoms with van der Waals surface area (Å²) in [6.07, 6.45) is 3.71. The molecule has 0 radical (unpaired) electrons. The summed E-state index contributed by atoms with van der Waals surface area (Å²) in [5.74, 6) is 0.548. The van der Waals surface area contributed by atoms with Gasteiger partial charge in [-0.15, -0.1) is 11.3 Å². The van der Waals surface area contributed by atoms with Gasteiger partial charge in [-0.2, -0.15) is 0 Å². The van der Waals surface area contributed by atoms with Gasteiger partial charge < -0.3 is 0 Å². The van der Waals surface area contributed by atoms with Gasteiger partial charge in [-0.25, -0.2) is 8.42 Å². The smallest absolute Gasteiger partial charge is 0.245 e. The van der Waals surface area contributed by atoms with Crippen LogP contribution in [0.15, 0.2) is 41.8 Å². The maximum absolute atomic E-state index is 13.6. The molecule has 2 aliphatic heterocycles. The zero-order chi connectivity index (χ0) is 17.8. The molecular formula is C20H24N2O2S2. The Labute approximate surface area is 159 Å². The van der Waals surface area contributed by atoms with Crippen molar-refractivity contribution in [3.05, 3.63) is 52.2 Å². The van der Waals surface area contributed by atoms with E-state index in [4.69, 9.17) is 0 Å². The molecule has 5 rings (SSSR count). The standard InChI is InChI=1S/C20H24N2O2S2/c23-26(24)20(9-11-21(12-10-20)15-17-4-3-13-25-17)18-5-1-2-6-19(18)22(26)14-16-7-8-16/h1-6,13,16H,7-12,14-15H2. The Bertz CT molecular complexity index is 896. The van der Waals surface area contributed by atoms with Gasteiger partial charge in [-0.05, 0) is 54.7 Å². The highest BCUT2D eigenvalue weighted by molar-refractivity contribution is 7.94. The van der Waals surface area contributed by atoms with E-state index in [-0.39, 0.29) is 0 Å². The lowest BCUT2D eigenvalue weighted by atomic mass is 9.87. The van der Waals surface area contributed by atoms with Crippen LogP contribution in [0.25, 0.3) is 0 Å². The molecule has 2 fully saturated rings. The van der Waals surface area contributed by atoms with Crippen molar-refractivity contribution in [2.75, 3.05) is 23.9 Å². The van der Waals surface area contributed by atoms with Crippen molar-refractivity contribution in [1.82, 2.24) is 4.90 Å². The van der Waals surface area contributed by atoms with Gasteiger partial charge in [0.2, 0.25) is 10.0 Å². The summed E-state index contributed by atoms with van der Waals surface area (Å²) in [4.78, 5) is 3.75. The normalized spacial score (nSPS) is 24.1. The number of nitrogens with zero attached hydrogens (tertiary/aromatic N) is 2. The predicted octanol–water partition coefficient (Wildman–Crippen LogP) is 3.80. The van der Waals surface area contributed by atoms with Crippen molar-refractivity contribution in [1.29, 1.82) is 0 Å². The zero-order valence-electron chi connectivity index (χ0n) is 14.8. The minimum Gasteiger partial charge on any atom is -0.298 e. The van der Waals surface area contributed by atoms with Crippen LogP contribution in [-0.2, 0) is 21.3 Å². The summed E-state index contributed by atoms with van der Waals surface area (Å²) in [6.45, 7) is 3.27. The Morgan fingerprint density at radius 2 is 1.85 bits per heavy atom. The molecule has 1 saturated heterocycles. The molecule has 138 valence electrons. The molecule has 26 heavy (non-hydrogen) atoms. The van der Waals surface area contributed by atoms with Crippen LogP contribution in [0.1, 0.15) is 36.1 Å². The molecule has 0 bridgehead atoms. The monoisotopic (exact) mass is 388 g/mol. The molecule has 0 unspecified atom stereocenters. The molecule has 1 aromatic heterocycles. The van der Waals surface area contributed by atoms with Gasteiger partial charge in [0.05, 0.1) is 5.69 Å². The Morgan fingerprint density at radius 3 is 2.54 bits per heavy atom. The zero-order valence-corrected chi connectivity index (χ0v) is 16.4. The van der Waals surface area contributed by atoms with Gasteiger partial charge in [0.25, 0.3) is 0 Å². The fourth-order valence-corrected chi connectivity index (χ4v) is 7.65. The average molecular weight is 389 g/mol. The molecule has 4 nitrogen and oxygen atoms in total. The fourth-order valence-electron chi connectivity index (χ4n) is 4.51. The van der Waals surface area contributed by atoms with Gasteiger partial charge in [0.1, 0.15) is 4.75 Å². The summed E-state index contributed by atoms with van der Waals surface area (Å²) >= 11 is 1.77. The number of piperidine rings is 1. The lowest BCUT2D eigenvalue weighted by Gasteiger charge is -2.39. The summed E-state index contributed by atoms with van der Waals surface area (Å²) in [6, 6.07) is 12.3. The number of likely N-dealkylation sites (tertiary alicyclic amines) is 1. The van der Waals surface area contributed by atoms with E-state index in [0.29, 0.717) is 25.3 Å². The largest absolute Gasteiger partial charge is 0.298 e. The molecule has 0 N–H and O–H groups in total. The number of anilines is 1. The number of hydrogen-bond donors (Lipinski definition) is 0. The summed E-state index contributed by atoms with van der Waals surface area (Å²) in [5.41, 5.74) is 1.97. The highest BCUT2D eigenvalue weighted by atomic mass is 32.2. The van der Waals surface area contributed by atoms with E-state index >= 15 is 0 Å². The molecule has 1 aliphatic carbocycles. The minimum atomic E-state index is -3.34. The molecule has 1 aromatic carbocycles. The third kappa shape index (κ3) is 2.53. The van der Waals surface area contributed by atoms with E-state index in [2.05, 4.69) is 28.5 Å². The number of fused-ring (bicyclic) bond motifs is 2. The molecular weight excluding hydrogens is 364 g/mol. The second-order valence-electron chi connectivity index (χ2n) is 7.85. The number of rotatable bonds is 4. The van der Waals surface area contributed by atoms with Crippen LogP contribution >= 0.6 is 11.3 Å². The van der Waals surface area contributed by atoms with Crippen LogP contribution < -0.4 is 4.31 Å². The maximum atomic E-state index is 13.6. The first-order chi connectivity index (χ1) is 12.6. The quantitative estimate of drug-likeness (QED) is 0.800. The summed E-state index contributed by atoms with van der Waals surface area (Å²) in [7, 11) is -3.34. The van der Waals surface area contributed by atoms with Crippen LogP contribution in [-0.4, -0.2) is 33.0 Å². The van der Waals surface area contributed by atoms with Crippen molar-refractivity contribution in [3.63, 3.8) is 0 Å². The molecule has 3 heterocycles. The van der Waals surface area contributed by atoms with Crippen molar-refractivity contribution in [2.45, 2.75) is 37.0 Å². The van der Waals surface area contributed by atoms with Crippen molar-refractivity contribution >= 4 is 27.0 Å². The molecule has 0 atom stereocenters. The van der Waals surface area contributed by atoms with Crippen molar-refractivity contribution < 1.29 is 8.42 Å². The van der Waals surface area contributed by atoms with Crippen LogP contribution in [0.5, 0.6) is 0 Å². The Hall–Kier alpha value is -1.37. The number of thiophene rings is 1. The van der Waals surface area contributed by atoms with E-state index in [1.807, 2.05) is 18.2 Å². The number of sulfonamides is 1. The van der Waals surface area contributed by atoms with Crippen LogP contribution in [0.2, 0.25) is 0 Å². The predicted molar refractivity (Wildman–Crippen MR) is 106 cm³/mol. The number of benzene rings is 1. The summed E-state index contributed by atoms with van der Waals surface area (Å²) in [5, 5.41) is 2.11. The van der Waals surface area contributed by atoms with Gasteiger partial charge in [-0.1, -0.05) is 24.3 Å². The van der Waals surface area contributed by atoms with E-state index in [1.165, 1.54) is 4.88 Å². The summed E-state index contributed by atoms with van der Waals surface area (Å²) < 4.78 is 28.3. The van der Waals surface area contributed by atoms with E-state index in [9.17, 15) is 8.42 Å². The van der Waals surface area contributed by atoms with Gasteiger partial charge in [0.15, 0.2) is 0 Å². The van der Waals surface area contributed by atoms with Gasteiger partial charge in [0, 0.05) is 31.1 Å². The van der Waals surface area contributed by atoms with Crippen LogP contribution in [0, 0.1) is 5.92 Å². The number of para-hydroxylation sites is 1. The van der Waals surface area contributed by atoms with Crippen LogP contribution in [0.4, 0.5) is 5.69 Å². The maximum Gasteiger partial charge on any atom is 0.245 e. The van der Waals surface area contributed by atoms with E-state index < -0.39 is 14.8 Å². The molecule has 1 saturated carbocycles.